The van der Waals surface area contributed by atoms with Gasteiger partial charge in [-0.25, -0.2) is 0 Å². The van der Waals surface area contributed by atoms with Crippen molar-refractivity contribution in [1.82, 2.24) is 0 Å². The van der Waals surface area contributed by atoms with Crippen LogP contribution in [0.3, 0.4) is 0 Å². The third-order valence-corrected chi connectivity index (χ3v) is 3.49. The maximum atomic E-state index is 9.56. The lowest BCUT2D eigenvalue weighted by Gasteiger charge is -2.30. The summed E-state index contributed by atoms with van der Waals surface area (Å²) in [6.45, 7) is 9.42. The molecule has 0 fully saturated rings. The van der Waals surface area contributed by atoms with Gasteiger partial charge in [0.15, 0.2) is 0 Å². The van der Waals surface area contributed by atoms with Crippen molar-refractivity contribution in [2.75, 3.05) is 11.4 Å². The van der Waals surface area contributed by atoms with Crippen LogP contribution in [-0.4, -0.2) is 17.7 Å². The van der Waals surface area contributed by atoms with Crippen molar-refractivity contribution < 1.29 is 5.11 Å². The molecule has 0 saturated carbocycles. The Morgan fingerprint density at radius 3 is 2.35 bits per heavy atom. The van der Waals surface area contributed by atoms with Crippen LogP contribution in [-0.2, 0) is 0 Å². The van der Waals surface area contributed by atoms with E-state index in [0.717, 1.165) is 23.0 Å². The highest BCUT2D eigenvalue weighted by atomic mass is 79.9. The van der Waals surface area contributed by atoms with Gasteiger partial charge >= 0.3 is 0 Å². The third-order valence-electron chi connectivity index (χ3n) is 2.85. The number of benzene rings is 1. The molecular formula is C14H22BrNO. The Bertz CT molecular complexity index is 363. The number of nitrogens with zero attached hydrogens (tertiary/aromatic N) is 1. The number of anilines is 1. The Kier molecular flexibility index (Phi) is 5.47. The molecule has 1 aromatic carbocycles. The summed E-state index contributed by atoms with van der Waals surface area (Å²) < 4.78 is 1.05. The number of halogens is 1. The average molecular weight is 300 g/mol. The second-order valence-electron chi connectivity index (χ2n) is 4.67. The summed E-state index contributed by atoms with van der Waals surface area (Å²) in [6.07, 6.45) is 0.710. The summed E-state index contributed by atoms with van der Waals surface area (Å²) in [5, 5.41) is 9.56. The molecule has 1 unspecified atom stereocenters. The number of aliphatic hydroxyl groups is 1. The van der Waals surface area contributed by atoms with E-state index in [9.17, 15) is 5.11 Å². The van der Waals surface area contributed by atoms with Crippen LogP contribution in [0.25, 0.3) is 0 Å². The van der Waals surface area contributed by atoms with Crippen LogP contribution in [0, 0.1) is 0 Å². The lowest BCUT2D eigenvalue weighted by molar-refractivity contribution is 0.199. The maximum absolute atomic E-state index is 9.56. The first-order valence-corrected chi connectivity index (χ1v) is 7.00. The SMILES string of the molecule is CCCN(c1ccc(C(C)O)cc1Br)C(C)C. The van der Waals surface area contributed by atoms with Gasteiger partial charge in [0.25, 0.3) is 0 Å². The van der Waals surface area contributed by atoms with Gasteiger partial charge in [0, 0.05) is 17.1 Å². The maximum Gasteiger partial charge on any atom is 0.0762 e. The molecular weight excluding hydrogens is 278 g/mol. The van der Waals surface area contributed by atoms with Crippen molar-refractivity contribution >= 4 is 21.6 Å². The molecule has 0 heterocycles. The zero-order chi connectivity index (χ0) is 13.0. The van der Waals surface area contributed by atoms with Gasteiger partial charge in [0.05, 0.1) is 11.8 Å². The van der Waals surface area contributed by atoms with Gasteiger partial charge in [-0.05, 0) is 60.8 Å². The molecule has 0 bridgehead atoms. The van der Waals surface area contributed by atoms with Crippen molar-refractivity contribution in [2.45, 2.75) is 46.3 Å². The fraction of sp³-hybridized carbons (Fsp3) is 0.571. The van der Waals surface area contributed by atoms with E-state index >= 15 is 0 Å². The second-order valence-corrected chi connectivity index (χ2v) is 5.53. The molecule has 96 valence electrons. The molecule has 0 saturated heterocycles. The molecule has 0 spiro atoms. The van der Waals surface area contributed by atoms with Gasteiger partial charge in [-0.15, -0.1) is 0 Å². The minimum Gasteiger partial charge on any atom is -0.389 e. The Morgan fingerprint density at radius 1 is 1.29 bits per heavy atom. The van der Waals surface area contributed by atoms with E-state index in [2.05, 4.69) is 47.7 Å². The predicted molar refractivity (Wildman–Crippen MR) is 77.5 cm³/mol. The monoisotopic (exact) mass is 299 g/mol. The fourth-order valence-electron chi connectivity index (χ4n) is 1.91. The second kappa shape index (κ2) is 6.41. The lowest BCUT2D eigenvalue weighted by atomic mass is 10.1. The number of hydrogen-bond donors (Lipinski definition) is 1. The van der Waals surface area contributed by atoms with Crippen LogP contribution in [0.4, 0.5) is 5.69 Å². The summed E-state index contributed by atoms with van der Waals surface area (Å²) in [5.41, 5.74) is 2.15. The molecule has 1 atom stereocenters. The van der Waals surface area contributed by atoms with E-state index in [1.54, 1.807) is 6.92 Å². The van der Waals surface area contributed by atoms with E-state index in [4.69, 9.17) is 0 Å². The quantitative estimate of drug-likeness (QED) is 0.884. The van der Waals surface area contributed by atoms with Crippen molar-refractivity contribution in [3.8, 4) is 0 Å². The molecule has 0 aliphatic carbocycles. The van der Waals surface area contributed by atoms with Crippen molar-refractivity contribution in [3.63, 3.8) is 0 Å². The summed E-state index contributed by atoms with van der Waals surface area (Å²) in [4.78, 5) is 2.37. The Hall–Kier alpha value is -0.540. The molecule has 3 heteroatoms. The van der Waals surface area contributed by atoms with Crippen LogP contribution < -0.4 is 4.90 Å². The zero-order valence-corrected chi connectivity index (χ0v) is 12.7. The molecule has 2 nitrogen and oxygen atoms in total. The molecule has 0 aliphatic rings. The minimum atomic E-state index is -0.418. The van der Waals surface area contributed by atoms with E-state index in [1.165, 1.54) is 5.69 Å². The molecule has 1 aromatic rings. The highest BCUT2D eigenvalue weighted by Crippen LogP contribution is 2.30. The topological polar surface area (TPSA) is 23.5 Å². The van der Waals surface area contributed by atoms with Crippen molar-refractivity contribution in [1.29, 1.82) is 0 Å². The largest absolute Gasteiger partial charge is 0.389 e. The molecule has 0 amide bonds. The van der Waals surface area contributed by atoms with Crippen LogP contribution in [0.1, 0.15) is 45.8 Å². The molecule has 0 radical (unpaired) electrons. The van der Waals surface area contributed by atoms with Crippen LogP contribution in [0.2, 0.25) is 0 Å². The summed E-state index contributed by atoms with van der Waals surface area (Å²) >= 11 is 3.60. The van der Waals surface area contributed by atoms with Gasteiger partial charge in [0.2, 0.25) is 0 Å². The first kappa shape index (κ1) is 14.5. The van der Waals surface area contributed by atoms with Crippen LogP contribution >= 0.6 is 15.9 Å². The van der Waals surface area contributed by atoms with Gasteiger partial charge in [-0.1, -0.05) is 13.0 Å². The van der Waals surface area contributed by atoms with Crippen molar-refractivity contribution in [2.24, 2.45) is 0 Å². The highest BCUT2D eigenvalue weighted by Gasteiger charge is 2.13. The summed E-state index contributed by atoms with van der Waals surface area (Å²) in [5.74, 6) is 0. The molecule has 1 N–H and O–H groups in total. The predicted octanol–water partition coefficient (Wildman–Crippen LogP) is 4.13. The van der Waals surface area contributed by atoms with Crippen LogP contribution in [0.15, 0.2) is 22.7 Å². The molecule has 1 rings (SSSR count). The summed E-state index contributed by atoms with van der Waals surface area (Å²) in [7, 11) is 0. The van der Waals surface area contributed by atoms with E-state index in [1.807, 2.05) is 12.1 Å². The fourth-order valence-corrected chi connectivity index (χ4v) is 2.54. The molecule has 0 aromatic heterocycles. The first-order chi connectivity index (χ1) is 7.97. The van der Waals surface area contributed by atoms with Gasteiger partial charge in [-0.2, -0.15) is 0 Å². The molecule has 0 aliphatic heterocycles. The summed E-state index contributed by atoms with van der Waals surface area (Å²) in [6, 6.07) is 6.56. The third kappa shape index (κ3) is 3.71. The van der Waals surface area contributed by atoms with Crippen molar-refractivity contribution in [3.05, 3.63) is 28.2 Å². The number of aliphatic hydroxyl groups excluding tert-OH is 1. The Balaban J connectivity index is 3.04. The van der Waals surface area contributed by atoms with Gasteiger partial charge < -0.3 is 10.0 Å². The number of hydrogen-bond acceptors (Lipinski definition) is 2. The van der Waals surface area contributed by atoms with Gasteiger partial charge in [-0.3, -0.25) is 0 Å². The first-order valence-electron chi connectivity index (χ1n) is 6.21. The molecule has 17 heavy (non-hydrogen) atoms. The minimum absolute atomic E-state index is 0.418. The van der Waals surface area contributed by atoms with Crippen LogP contribution in [0.5, 0.6) is 0 Å². The van der Waals surface area contributed by atoms with E-state index in [-0.39, 0.29) is 0 Å². The number of rotatable bonds is 5. The standard InChI is InChI=1S/C14H22BrNO/c1-5-8-16(10(2)3)14-7-6-12(11(4)17)9-13(14)15/h6-7,9-11,17H,5,8H2,1-4H3. The average Bonchev–Trinajstić information content (AvgIpc) is 2.26. The van der Waals surface area contributed by atoms with E-state index in [0.29, 0.717) is 6.04 Å². The smallest absolute Gasteiger partial charge is 0.0762 e. The lowest BCUT2D eigenvalue weighted by Crippen LogP contribution is -2.31. The Morgan fingerprint density at radius 2 is 1.94 bits per heavy atom. The van der Waals surface area contributed by atoms with Gasteiger partial charge in [0.1, 0.15) is 0 Å². The highest BCUT2D eigenvalue weighted by molar-refractivity contribution is 9.10. The zero-order valence-electron chi connectivity index (χ0n) is 11.1. The van der Waals surface area contributed by atoms with E-state index < -0.39 is 6.10 Å². The Labute approximate surface area is 113 Å². The normalized spacial score (nSPS) is 12.9.